The van der Waals surface area contributed by atoms with Crippen molar-refractivity contribution in [2.24, 2.45) is 0 Å². The van der Waals surface area contributed by atoms with Gasteiger partial charge in [0.25, 0.3) is 0 Å². The van der Waals surface area contributed by atoms with E-state index in [2.05, 4.69) is 20.7 Å². The minimum Gasteiger partial charge on any atom is -0.394 e. The lowest BCUT2D eigenvalue weighted by atomic mass is 10.1. The smallest absolute Gasteiger partial charge is 0.117 e. The lowest BCUT2D eigenvalue weighted by molar-refractivity contribution is 0.0907. The number of benzene rings is 1. The molecule has 20 heavy (non-hydrogen) atoms. The zero-order valence-corrected chi connectivity index (χ0v) is 11.4. The summed E-state index contributed by atoms with van der Waals surface area (Å²) in [5, 5.41) is 22.9. The van der Waals surface area contributed by atoms with Crippen LogP contribution in [0.3, 0.4) is 0 Å². The second-order valence-corrected chi connectivity index (χ2v) is 4.35. The lowest BCUT2D eigenvalue weighted by Gasteiger charge is -2.05. The van der Waals surface area contributed by atoms with Crippen LogP contribution in [0.25, 0.3) is 11.3 Å². The molecule has 6 heteroatoms. The van der Waals surface area contributed by atoms with Gasteiger partial charge in [-0.25, -0.2) is 0 Å². The van der Waals surface area contributed by atoms with E-state index in [4.69, 9.17) is 9.84 Å². The molecule has 6 nitrogen and oxygen atoms in total. The third-order valence-corrected chi connectivity index (χ3v) is 2.84. The van der Waals surface area contributed by atoms with Crippen LogP contribution < -0.4 is 5.32 Å². The van der Waals surface area contributed by atoms with E-state index in [0.29, 0.717) is 19.8 Å². The van der Waals surface area contributed by atoms with Crippen molar-refractivity contribution in [3.8, 4) is 11.3 Å². The Morgan fingerprint density at radius 2 is 2.00 bits per heavy atom. The largest absolute Gasteiger partial charge is 0.394 e. The number of hydrogen-bond acceptors (Lipinski definition) is 5. The van der Waals surface area contributed by atoms with Gasteiger partial charge in [-0.2, -0.15) is 15.4 Å². The van der Waals surface area contributed by atoms with E-state index >= 15 is 0 Å². The summed E-state index contributed by atoms with van der Waals surface area (Å²) >= 11 is 0. The van der Waals surface area contributed by atoms with E-state index in [1.807, 2.05) is 30.3 Å². The summed E-state index contributed by atoms with van der Waals surface area (Å²) in [4.78, 5) is 0. The Balaban J connectivity index is 1.76. The molecular weight excluding hydrogens is 256 g/mol. The summed E-state index contributed by atoms with van der Waals surface area (Å²) in [5.74, 6) is 0. The van der Waals surface area contributed by atoms with Crippen molar-refractivity contribution in [2.75, 3.05) is 26.4 Å². The molecule has 0 fully saturated rings. The predicted molar refractivity (Wildman–Crippen MR) is 76.0 cm³/mol. The Labute approximate surface area is 118 Å². The number of aromatic amines is 1. The fourth-order valence-electron chi connectivity index (χ4n) is 1.88. The molecule has 0 aliphatic carbocycles. The molecule has 0 aliphatic rings. The maximum absolute atomic E-state index is 8.57. The van der Waals surface area contributed by atoms with Gasteiger partial charge >= 0.3 is 0 Å². The van der Waals surface area contributed by atoms with Gasteiger partial charge < -0.3 is 15.2 Å². The van der Waals surface area contributed by atoms with E-state index in [1.54, 1.807) is 0 Å². The van der Waals surface area contributed by atoms with Crippen LogP contribution in [0.5, 0.6) is 0 Å². The summed E-state index contributed by atoms with van der Waals surface area (Å²) in [6, 6.07) is 9.99. The maximum atomic E-state index is 8.57. The molecule has 0 saturated carbocycles. The molecule has 108 valence electrons. The van der Waals surface area contributed by atoms with Crippen molar-refractivity contribution in [1.82, 2.24) is 20.7 Å². The standard InChI is InChI=1S/C14H20N4O2/c19-8-10-20-9-4-7-15-11-13-14(17-18-16-13)12-5-2-1-3-6-12/h1-3,5-6,15,19H,4,7-11H2,(H,16,17,18). The van der Waals surface area contributed by atoms with Gasteiger partial charge in [0.05, 0.1) is 13.2 Å². The SMILES string of the molecule is OCCOCCCNCc1n[nH]nc1-c1ccccc1. The molecule has 1 aromatic carbocycles. The van der Waals surface area contributed by atoms with Crippen LogP contribution in [0.15, 0.2) is 30.3 Å². The average molecular weight is 276 g/mol. The number of aromatic nitrogens is 3. The quantitative estimate of drug-likeness (QED) is 0.594. The lowest BCUT2D eigenvalue weighted by Crippen LogP contribution is -2.17. The highest BCUT2D eigenvalue weighted by Gasteiger charge is 2.08. The molecule has 3 N–H and O–H groups in total. The summed E-state index contributed by atoms with van der Waals surface area (Å²) in [6.07, 6.45) is 0.901. The normalized spacial score (nSPS) is 10.8. The molecule has 0 saturated heterocycles. The van der Waals surface area contributed by atoms with Gasteiger partial charge in [-0.05, 0) is 13.0 Å². The van der Waals surface area contributed by atoms with E-state index in [0.717, 1.165) is 29.9 Å². The van der Waals surface area contributed by atoms with E-state index in [1.165, 1.54) is 0 Å². The number of rotatable bonds is 9. The topological polar surface area (TPSA) is 83.1 Å². The zero-order chi connectivity index (χ0) is 14.0. The third kappa shape index (κ3) is 4.41. The van der Waals surface area contributed by atoms with Crippen molar-refractivity contribution in [3.63, 3.8) is 0 Å². The van der Waals surface area contributed by atoms with E-state index in [-0.39, 0.29) is 6.61 Å². The summed E-state index contributed by atoms with van der Waals surface area (Å²) in [6.45, 7) is 2.64. The number of ether oxygens (including phenoxy) is 1. The van der Waals surface area contributed by atoms with Gasteiger partial charge in [0.1, 0.15) is 11.4 Å². The molecule has 2 rings (SSSR count). The summed E-state index contributed by atoms with van der Waals surface area (Å²) < 4.78 is 5.19. The summed E-state index contributed by atoms with van der Waals surface area (Å²) in [7, 11) is 0. The molecule has 0 amide bonds. The first-order valence-corrected chi connectivity index (χ1v) is 6.76. The van der Waals surface area contributed by atoms with Crippen molar-refractivity contribution < 1.29 is 9.84 Å². The van der Waals surface area contributed by atoms with Crippen LogP contribution in [0.1, 0.15) is 12.1 Å². The minimum absolute atomic E-state index is 0.0762. The van der Waals surface area contributed by atoms with Crippen LogP contribution in [0.4, 0.5) is 0 Å². The van der Waals surface area contributed by atoms with Crippen molar-refractivity contribution in [1.29, 1.82) is 0 Å². The molecular formula is C14H20N4O2. The van der Waals surface area contributed by atoms with Gasteiger partial charge in [0, 0.05) is 18.7 Å². The molecule has 2 aromatic rings. The molecule has 0 atom stereocenters. The van der Waals surface area contributed by atoms with Crippen LogP contribution in [0.2, 0.25) is 0 Å². The van der Waals surface area contributed by atoms with Crippen molar-refractivity contribution >= 4 is 0 Å². The van der Waals surface area contributed by atoms with E-state index < -0.39 is 0 Å². The highest BCUT2D eigenvalue weighted by atomic mass is 16.5. The molecule has 1 heterocycles. The minimum atomic E-state index is 0.0762. The van der Waals surface area contributed by atoms with Crippen LogP contribution >= 0.6 is 0 Å². The molecule has 0 spiro atoms. The Kier molecular flexibility index (Phi) is 6.16. The second kappa shape index (κ2) is 8.42. The first kappa shape index (κ1) is 14.6. The van der Waals surface area contributed by atoms with Gasteiger partial charge in [-0.3, -0.25) is 0 Å². The predicted octanol–water partition coefficient (Wildman–Crippen LogP) is 0.960. The fraction of sp³-hybridized carbons (Fsp3) is 0.429. The maximum Gasteiger partial charge on any atom is 0.117 e. The molecule has 0 aliphatic heterocycles. The number of nitrogens with zero attached hydrogens (tertiary/aromatic N) is 2. The van der Waals surface area contributed by atoms with Crippen molar-refractivity contribution in [2.45, 2.75) is 13.0 Å². The van der Waals surface area contributed by atoms with E-state index in [9.17, 15) is 0 Å². The monoisotopic (exact) mass is 276 g/mol. The van der Waals surface area contributed by atoms with Gasteiger partial charge in [0.15, 0.2) is 0 Å². The summed E-state index contributed by atoms with van der Waals surface area (Å²) in [5.41, 5.74) is 2.85. The number of H-pyrrole nitrogens is 1. The van der Waals surface area contributed by atoms with Gasteiger partial charge in [0.2, 0.25) is 0 Å². The second-order valence-electron chi connectivity index (χ2n) is 4.35. The fourth-order valence-corrected chi connectivity index (χ4v) is 1.88. The molecule has 0 radical (unpaired) electrons. The average Bonchev–Trinajstić information content (AvgIpc) is 2.96. The highest BCUT2D eigenvalue weighted by molar-refractivity contribution is 5.60. The van der Waals surface area contributed by atoms with Crippen molar-refractivity contribution in [3.05, 3.63) is 36.0 Å². The van der Waals surface area contributed by atoms with Crippen LogP contribution in [-0.2, 0) is 11.3 Å². The Bertz CT molecular complexity index is 487. The molecule has 0 bridgehead atoms. The Morgan fingerprint density at radius 3 is 2.80 bits per heavy atom. The van der Waals surface area contributed by atoms with Gasteiger partial charge in [-0.1, -0.05) is 30.3 Å². The molecule has 0 unspecified atom stereocenters. The highest BCUT2D eigenvalue weighted by Crippen LogP contribution is 2.18. The first-order valence-electron chi connectivity index (χ1n) is 6.76. The zero-order valence-electron chi connectivity index (χ0n) is 11.4. The number of hydrogen-bond donors (Lipinski definition) is 3. The van der Waals surface area contributed by atoms with Crippen LogP contribution in [0, 0.1) is 0 Å². The number of nitrogens with one attached hydrogen (secondary N) is 2. The Hall–Kier alpha value is -1.76. The molecule has 1 aromatic heterocycles. The number of aliphatic hydroxyl groups is 1. The number of aliphatic hydroxyl groups excluding tert-OH is 1. The Morgan fingerprint density at radius 1 is 1.15 bits per heavy atom. The first-order chi connectivity index (χ1) is 9.92. The van der Waals surface area contributed by atoms with Crippen LogP contribution in [-0.4, -0.2) is 46.9 Å². The van der Waals surface area contributed by atoms with Gasteiger partial charge in [-0.15, -0.1) is 0 Å². The third-order valence-electron chi connectivity index (χ3n) is 2.84.